The first-order chi connectivity index (χ1) is 15.4. The van der Waals surface area contributed by atoms with E-state index in [0.717, 1.165) is 29.8 Å². The SMILES string of the molecule is COCCN1C(=O)C(c2ccc(C)cc2C)=C(N2CCN(c3cccc(C)c3)CC2)C1=O. The molecule has 0 saturated carbocycles. The summed E-state index contributed by atoms with van der Waals surface area (Å²) >= 11 is 0. The van der Waals surface area contributed by atoms with Crippen LogP contribution in [0.1, 0.15) is 22.3 Å². The summed E-state index contributed by atoms with van der Waals surface area (Å²) in [5, 5.41) is 0. The van der Waals surface area contributed by atoms with Crippen LogP contribution in [0.5, 0.6) is 0 Å². The Morgan fingerprint density at radius 2 is 1.53 bits per heavy atom. The van der Waals surface area contributed by atoms with Gasteiger partial charge in [0.1, 0.15) is 5.70 Å². The molecule has 2 aliphatic heterocycles. The van der Waals surface area contributed by atoms with Crippen LogP contribution in [-0.2, 0) is 14.3 Å². The minimum atomic E-state index is -0.227. The molecule has 0 bridgehead atoms. The smallest absolute Gasteiger partial charge is 0.277 e. The van der Waals surface area contributed by atoms with Crippen LogP contribution in [0.25, 0.3) is 5.57 Å². The molecule has 0 atom stereocenters. The number of carbonyl (C=O) groups excluding carboxylic acids is 2. The molecule has 6 heteroatoms. The first kappa shape index (κ1) is 22.1. The number of carbonyl (C=O) groups is 2. The Bertz CT molecular complexity index is 1070. The van der Waals surface area contributed by atoms with E-state index < -0.39 is 0 Å². The molecule has 2 amide bonds. The molecule has 4 rings (SSSR count). The predicted molar refractivity (Wildman–Crippen MR) is 126 cm³/mol. The van der Waals surface area contributed by atoms with Crippen LogP contribution in [0.4, 0.5) is 5.69 Å². The Labute approximate surface area is 190 Å². The van der Waals surface area contributed by atoms with Gasteiger partial charge in [-0.1, -0.05) is 35.9 Å². The summed E-state index contributed by atoms with van der Waals surface area (Å²) in [7, 11) is 1.58. The number of methoxy groups -OCH3 is 1. The van der Waals surface area contributed by atoms with Crippen molar-refractivity contribution >= 4 is 23.1 Å². The van der Waals surface area contributed by atoms with Gasteiger partial charge in [0.25, 0.3) is 11.8 Å². The number of piperazine rings is 1. The zero-order chi connectivity index (χ0) is 22.8. The molecule has 0 spiro atoms. The van der Waals surface area contributed by atoms with E-state index >= 15 is 0 Å². The van der Waals surface area contributed by atoms with Crippen LogP contribution in [0.3, 0.4) is 0 Å². The van der Waals surface area contributed by atoms with E-state index in [1.165, 1.54) is 16.2 Å². The van der Waals surface area contributed by atoms with E-state index in [9.17, 15) is 9.59 Å². The van der Waals surface area contributed by atoms with Crippen molar-refractivity contribution in [2.75, 3.05) is 51.3 Å². The minimum absolute atomic E-state index is 0.217. The fourth-order valence-electron chi connectivity index (χ4n) is 4.59. The highest BCUT2D eigenvalue weighted by molar-refractivity contribution is 6.35. The van der Waals surface area contributed by atoms with E-state index in [0.29, 0.717) is 31.0 Å². The highest BCUT2D eigenvalue weighted by Crippen LogP contribution is 2.34. The van der Waals surface area contributed by atoms with Gasteiger partial charge < -0.3 is 14.5 Å². The molecule has 0 radical (unpaired) electrons. The Balaban J connectivity index is 1.66. The minimum Gasteiger partial charge on any atom is -0.383 e. The maximum absolute atomic E-state index is 13.4. The first-order valence-corrected chi connectivity index (χ1v) is 11.1. The summed E-state index contributed by atoms with van der Waals surface area (Å²) in [4.78, 5) is 32.6. The zero-order valence-corrected chi connectivity index (χ0v) is 19.4. The van der Waals surface area contributed by atoms with Crippen molar-refractivity contribution in [3.63, 3.8) is 0 Å². The molecular formula is C26H31N3O3. The molecule has 0 unspecified atom stereocenters. The molecule has 1 saturated heterocycles. The van der Waals surface area contributed by atoms with Gasteiger partial charge in [-0.2, -0.15) is 0 Å². The largest absolute Gasteiger partial charge is 0.383 e. The fraction of sp³-hybridized carbons (Fsp3) is 0.385. The standard InChI is InChI=1S/C26H31N3O3/c1-18-6-5-7-21(17-18)27-10-12-28(13-11-27)24-23(22-9-8-19(2)16-20(22)3)25(30)29(26(24)31)14-15-32-4/h5-9,16-17H,10-15H2,1-4H3. The Kier molecular flexibility index (Phi) is 6.33. The van der Waals surface area contributed by atoms with E-state index in [1.807, 2.05) is 26.0 Å². The summed E-state index contributed by atoms with van der Waals surface area (Å²) in [6.07, 6.45) is 0. The van der Waals surface area contributed by atoms with Gasteiger partial charge in [0.05, 0.1) is 18.7 Å². The third-order valence-corrected chi connectivity index (χ3v) is 6.28. The number of hydrogen-bond acceptors (Lipinski definition) is 5. The molecule has 1 fully saturated rings. The van der Waals surface area contributed by atoms with Gasteiger partial charge in [-0.25, -0.2) is 0 Å². The first-order valence-electron chi connectivity index (χ1n) is 11.1. The second-order valence-electron chi connectivity index (χ2n) is 8.61. The summed E-state index contributed by atoms with van der Waals surface area (Å²) in [5.41, 5.74) is 6.46. The molecule has 2 aromatic carbocycles. The van der Waals surface area contributed by atoms with Crippen molar-refractivity contribution in [3.8, 4) is 0 Å². The molecule has 0 aromatic heterocycles. The number of nitrogens with zero attached hydrogens (tertiary/aromatic N) is 3. The lowest BCUT2D eigenvalue weighted by molar-refractivity contribution is -0.138. The van der Waals surface area contributed by atoms with Crippen LogP contribution in [0, 0.1) is 20.8 Å². The number of ether oxygens (including phenoxy) is 1. The molecule has 168 valence electrons. The van der Waals surface area contributed by atoms with E-state index in [1.54, 1.807) is 7.11 Å². The average molecular weight is 434 g/mol. The van der Waals surface area contributed by atoms with Crippen LogP contribution >= 0.6 is 0 Å². The molecule has 32 heavy (non-hydrogen) atoms. The van der Waals surface area contributed by atoms with Crippen molar-refractivity contribution in [2.45, 2.75) is 20.8 Å². The zero-order valence-electron chi connectivity index (χ0n) is 19.4. The molecule has 0 aliphatic carbocycles. The molecular weight excluding hydrogens is 402 g/mol. The Morgan fingerprint density at radius 3 is 2.19 bits per heavy atom. The third-order valence-electron chi connectivity index (χ3n) is 6.28. The van der Waals surface area contributed by atoms with Gasteiger partial charge in [0, 0.05) is 39.0 Å². The maximum atomic E-state index is 13.4. The van der Waals surface area contributed by atoms with Gasteiger partial charge in [-0.3, -0.25) is 14.5 Å². The number of benzene rings is 2. The van der Waals surface area contributed by atoms with Gasteiger partial charge in [0.2, 0.25) is 0 Å². The number of amides is 2. The number of aryl methyl sites for hydroxylation is 3. The van der Waals surface area contributed by atoms with Gasteiger partial charge in [-0.05, 0) is 49.6 Å². The van der Waals surface area contributed by atoms with Crippen LogP contribution < -0.4 is 4.90 Å². The van der Waals surface area contributed by atoms with Crippen molar-refractivity contribution in [3.05, 3.63) is 70.4 Å². The van der Waals surface area contributed by atoms with Crippen LogP contribution in [0.15, 0.2) is 48.2 Å². The van der Waals surface area contributed by atoms with E-state index in [-0.39, 0.29) is 18.4 Å². The number of hydrogen-bond donors (Lipinski definition) is 0. The normalized spacial score (nSPS) is 17.1. The van der Waals surface area contributed by atoms with Crippen molar-refractivity contribution in [2.24, 2.45) is 0 Å². The fourth-order valence-corrected chi connectivity index (χ4v) is 4.59. The quantitative estimate of drug-likeness (QED) is 0.655. The third kappa shape index (κ3) is 4.15. The number of rotatable bonds is 6. The van der Waals surface area contributed by atoms with E-state index in [4.69, 9.17) is 4.74 Å². The van der Waals surface area contributed by atoms with Crippen molar-refractivity contribution in [1.82, 2.24) is 9.80 Å². The highest BCUT2D eigenvalue weighted by atomic mass is 16.5. The lowest BCUT2D eigenvalue weighted by Gasteiger charge is -2.38. The molecule has 6 nitrogen and oxygen atoms in total. The molecule has 2 aromatic rings. The summed E-state index contributed by atoms with van der Waals surface area (Å²) in [6.45, 7) is 9.68. The van der Waals surface area contributed by atoms with Gasteiger partial charge in [-0.15, -0.1) is 0 Å². The second-order valence-corrected chi connectivity index (χ2v) is 8.61. The van der Waals surface area contributed by atoms with Gasteiger partial charge >= 0.3 is 0 Å². The summed E-state index contributed by atoms with van der Waals surface area (Å²) in [5.74, 6) is -0.443. The molecule has 2 heterocycles. The monoisotopic (exact) mass is 433 g/mol. The molecule has 2 aliphatic rings. The molecule has 0 N–H and O–H groups in total. The number of anilines is 1. The van der Waals surface area contributed by atoms with Crippen LogP contribution in [0.2, 0.25) is 0 Å². The lowest BCUT2D eigenvalue weighted by Crippen LogP contribution is -2.47. The Hall–Kier alpha value is -3.12. The van der Waals surface area contributed by atoms with Crippen molar-refractivity contribution < 1.29 is 14.3 Å². The van der Waals surface area contributed by atoms with Crippen molar-refractivity contribution in [1.29, 1.82) is 0 Å². The van der Waals surface area contributed by atoms with E-state index in [2.05, 4.69) is 47.1 Å². The highest BCUT2D eigenvalue weighted by Gasteiger charge is 2.42. The predicted octanol–water partition coefficient (Wildman–Crippen LogP) is 3.16. The second kappa shape index (κ2) is 9.17. The van der Waals surface area contributed by atoms with Crippen LogP contribution in [-0.4, -0.2) is 68.1 Å². The number of imide groups is 1. The summed E-state index contributed by atoms with van der Waals surface area (Å²) < 4.78 is 5.15. The summed E-state index contributed by atoms with van der Waals surface area (Å²) in [6, 6.07) is 14.5. The topological polar surface area (TPSA) is 53.1 Å². The Morgan fingerprint density at radius 1 is 0.844 bits per heavy atom. The lowest BCUT2D eigenvalue weighted by atomic mass is 9.97. The van der Waals surface area contributed by atoms with Gasteiger partial charge in [0.15, 0.2) is 0 Å². The maximum Gasteiger partial charge on any atom is 0.277 e. The average Bonchev–Trinajstić information content (AvgIpc) is 3.02.